The van der Waals surface area contributed by atoms with Crippen molar-refractivity contribution < 1.29 is 0 Å². The molecule has 0 amide bonds. The molecule has 2 rings (SSSR count). The van der Waals surface area contributed by atoms with Crippen LogP contribution in [0.15, 0.2) is 28.7 Å². The van der Waals surface area contributed by atoms with E-state index in [2.05, 4.69) is 58.7 Å². The van der Waals surface area contributed by atoms with E-state index in [9.17, 15) is 0 Å². The minimum atomic E-state index is 0.646. The minimum absolute atomic E-state index is 0.646. The molecule has 0 aliphatic carbocycles. The number of benzene rings is 1. The molecule has 0 bridgehead atoms. The third kappa shape index (κ3) is 3.07. The number of halogens is 1. The lowest BCUT2D eigenvalue weighted by atomic mass is 10.1. The summed E-state index contributed by atoms with van der Waals surface area (Å²) in [6.45, 7) is 4.94. The van der Waals surface area contributed by atoms with E-state index in [-0.39, 0.29) is 0 Å². The number of nitrogens with zero attached hydrogens (tertiary/aromatic N) is 2. The second-order valence-electron chi connectivity index (χ2n) is 4.56. The summed E-state index contributed by atoms with van der Waals surface area (Å²) in [7, 11) is 0. The van der Waals surface area contributed by atoms with E-state index in [0.29, 0.717) is 6.54 Å². The maximum absolute atomic E-state index is 5.71. The zero-order valence-electron chi connectivity index (χ0n) is 11.5. The summed E-state index contributed by atoms with van der Waals surface area (Å²) >= 11 is 3.52. The van der Waals surface area contributed by atoms with Crippen molar-refractivity contribution in [2.45, 2.75) is 33.1 Å². The fraction of sp³-hybridized carbons (Fsp3) is 0.400. The van der Waals surface area contributed by atoms with Crippen molar-refractivity contribution in [2.75, 3.05) is 6.54 Å². The lowest BCUT2D eigenvalue weighted by Gasteiger charge is -2.12. The van der Waals surface area contributed by atoms with Crippen LogP contribution in [-0.2, 0) is 19.3 Å². The molecular weight excluding hydrogens is 302 g/mol. The van der Waals surface area contributed by atoms with Gasteiger partial charge in [0, 0.05) is 10.2 Å². The summed E-state index contributed by atoms with van der Waals surface area (Å²) in [4.78, 5) is 0. The molecule has 0 aliphatic rings. The number of aromatic nitrogens is 2. The number of rotatable bonds is 5. The topological polar surface area (TPSA) is 43.8 Å². The molecular formula is C15H20BrN3. The molecule has 102 valence electrons. The van der Waals surface area contributed by atoms with Crippen molar-refractivity contribution >= 4 is 15.9 Å². The van der Waals surface area contributed by atoms with Crippen LogP contribution in [0.2, 0.25) is 0 Å². The van der Waals surface area contributed by atoms with Crippen molar-refractivity contribution in [1.82, 2.24) is 9.78 Å². The van der Waals surface area contributed by atoms with Crippen LogP contribution in [0.25, 0.3) is 5.69 Å². The smallest absolute Gasteiger partial charge is 0.0682 e. The van der Waals surface area contributed by atoms with Gasteiger partial charge >= 0.3 is 0 Å². The first kappa shape index (κ1) is 14.3. The zero-order chi connectivity index (χ0) is 13.8. The van der Waals surface area contributed by atoms with Gasteiger partial charge in [0.15, 0.2) is 0 Å². The number of nitrogens with two attached hydrogens (primary N) is 1. The molecule has 1 aromatic heterocycles. The van der Waals surface area contributed by atoms with Crippen molar-refractivity contribution in [3.8, 4) is 5.69 Å². The highest BCUT2D eigenvalue weighted by Gasteiger charge is 2.11. The first-order valence-corrected chi connectivity index (χ1v) is 7.55. The van der Waals surface area contributed by atoms with E-state index in [4.69, 9.17) is 10.8 Å². The van der Waals surface area contributed by atoms with Gasteiger partial charge in [0.2, 0.25) is 0 Å². The van der Waals surface area contributed by atoms with Gasteiger partial charge in [-0.05, 0) is 55.6 Å². The molecule has 0 saturated heterocycles. The van der Waals surface area contributed by atoms with Crippen molar-refractivity contribution in [2.24, 2.45) is 5.73 Å². The Bertz CT molecular complexity index is 561. The van der Waals surface area contributed by atoms with Crippen LogP contribution in [0.1, 0.15) is 30.8 Å². The first-order chi connectivity index (χ1) is 9.19. The fourth-order valence-electron chi connectivity index (χ4n) is 2.22. The molecule has 1 aromatic carbocycles. The van der Waals surface area contributed by atoms with E-state index in [1.54, 1.807) is 0 Å². The Balaban J connectivity index is 2.53. The summed E-state index contributed by atoms with van der Waals surface area (Å²) in [5, 5.41) is 4.70. The average Bonchev–Trinajstić information content (AvgIpc) is 2.82. The van der Waals surface area contributed by atoms with Crippen LogP contribution in [-0.4, -0.2) is 16.3 Å². The van der Waals surface area contributed by atoms with E-state index < -0.39 is 0 Å². The van der Waals surface area contributed by atoms with E-state index >= 15 is 0 Å². The monoisotopic (exact) mass is 321 g/mol. The van der Waals surface area contributed by atoms with Crippen LogP contribution in [0, 0.1) is 0 Å². The summed E-state index contributed by atoms with van der Waals surface area (Å²) in [6.07, 6.45) is 2.80. The predicted octanol–water partition coefficient (Wildman–Crippen LogP) is 3.26. The summed E-state index contributed by atoms with van der Waals surface area (Å²) in [5.74, 6) is 0. The number of aryl methyl sites for hydroxylation is 2. The zero-order valence-corrected chi connectivity index (χ0v) is 13.1. The third-order valence-corrected chi connectivity index (χ3v) is 3.73. The Hall–Kier alpha value is -1.13. The highest BCUT2D eigenvalue weighted by molar-refractivity contribution is 9.10. The molecule has 1 heterocycles. The van der Waals surface area contributed by atoms with E-state index in [1.807, 2.05) is 0 Å². The molecule has 19 heavy (non-hydrogen) atoms. The van der Waals surface area contributed by atoms with E-state index in [0.717, 1.165) is 35.1 Å². The Labute approximate surface area is 122 Å². The average molecular weight is 322 g/mol. The molecule has 2 N–H and O–H groups in total. The van der Waals surface area contributed by atoms with Gasteiger partial charge < -0.3 is 5.73 Å². The Morgan fingerprint density at radius 2 is 2.00 bits per heavy atom. The molecule has 0 spiro atoms. The fourth-order valence-corrected chi connectivity index (χ4v) is 2.63. The molecule has 2 aromatic rings. The Kier molecular flexibility index (Phi) is 4.77. The largest absolute Gasteiger partial charge is 0.330 e. The van der Waals surface area contributed by atoms with Crippen LogP contribution in [0.3, 0.4) is 0 Å². The molecule has 0 aliphatic heterocycles. The Morgan fingerprint density at radius 1 is 1.21 bits per heavy atom. The first-order valence-electron chi connectivity index (χ1n) is 6.76. The molecule has 0 fully saturated rings. The van der Waals surface area contributed by atoms with Gasteiger partial charge in [-0.2, -0.15) is 5.10 Å². The summed E-state index contributed by atoms with van der Waals surface area (Å²) in [5.41, 5.74) is 10.5. The number of hydrogen-bond donors (Lipinski definition) is 1. The summed E-state index contributed by atoms with van der Waals surface area (Å²) < 4.78 is 3.15. The minimum Gasteiger partial charge on any atom is -0.330 e. The molecule has 0 saturated carbocycles. The van der Waals surface area contributed by atoms with Crippen LogP contribution >= 0.6 is 15.9 Å². The lowest BCUT2D eigenvalue weighted by molar-refractivity contribution is 0.780. The quantitative estimate of drug-likeness (QED) is 0.918. The van der Waals surface area contributed by atoms with Crippen molar-refractivity contribution in [1.29, 1.82) is 0 Å². The molecule has 0 unspecified atom stereocenters. The number of hydrogen-bond acceptors (Lipinski definition) is 2. The second-order valence-corrected chi connectivity index (χ2v) is 5.47. The van der Waals surface area contributed by atoms with Gasteiger partial charge in [-0.1, -0.05) is 29.8 Å². The van der Waals surface area contributed by atoms with Crippen molar-refractivity contribution in [3.63, 3.8) is 0 Å². The van der Waals surface area contributed by atoms with Gasteiger partial charge in [0.1, 0.15) is 0 Å². The molecule has 0 radical (unpaired) electrons. The molecule has 4 heteroatoms. The Morgan fingerprint density at radius 3 is 2.63 bits per heavy atom. The molecule has 0 atom stereocenters. The summed E-state index contributed by atoms with van der Waals surface area (Å²) in [6, 6.07) is 8.49. The molecule has 3 nitrogen and oxygen atoms in total. The lowest BCUT2D eigenvalue weighted by Crippen LogP contribution is -2.09. The normalized spacial score (nSPS) is 10.9. The van der Waals surface area contributed by atoms with Crippen LogP contribution in [0.4, 0.5) is 0 Å². The highest BCUT2D eigenvalue weighted by atomic mass is 79.9. The van der Waals surface area contributed by atoms with Gasteiger partial charge in [0.25, 0.3) is 0 Å². The maximum Gasteiger partial charge on any atom is 0.0682 e. The third-order valence-electron chi connectivity index (χ3n) is 3.24. The predicted molar refractivity (Wildman–Crippen MR) is 82.8 cm³/mol. The van der Waals surface area contributed by atoms with Gasteiger partial charge in [-0.3, -0.25) is 0 Å². The standard InChI is InChI=1S/C15H20BrN3/c1-3-13-10-14(4-2)19(18-13)15-6-5-12(16)9-11(15)7-8-17/h5-6,9-10H,3-4,7-8,17H2,1-2H3. The second kappa shape index (κ2) is 6.35. The van der Waals surface area contributed by atoms with Gasteiger partial charge in [-0.25, -0.2) is 4.68 Å². The highest BCUT2D eigenvalue weighted by Crippen LogP contribution is 2.22. The van der Waals surface area contributed by atoms with Crippen molar-refractivity contribution in [3.05, 3.63) is 45.7 Å². The van der Waals surface area contributed by atoms with E-state index in [1.165, 1.54) is 11.3 Å². The van der Waals surface area contributed by atoms with Gasteiger partial charge in [-0.15, -0.1) is 0 Å². The van der Waals surface area contributed by atoms with Gasteiger partial charge in [0.05, 0.1) is 11.4 Å². The van der Waals surface area contributed by atoms with Crippen LogP contribution in [0.5, 0.6) is 0 Å². The maximum atomic E-state index is 5.71. The van der Waals surface area contributed by atoms with Crippen LogP contribution < -0.4 is 5.73 Å². The SMILES string of the molecule is CCc1cc(CC)n(-c2ccc(Br)cc2CCN)n1.